The van der Waals surface area contributed by atoms with Crippen molar-refractivity contribution in [1.29, 1.82) is 0 Å². The van der Waals surface area contributed by atoms with Gasteiger partial charge in [0, 0.05) is 23.7 Å². The summed E-state index contributed by atoms with van der Waals surface area (Å²) >= 11 is 1.33. The van der Waals surface area contributed by atoms with Crippen molar-refractivity contribution < 1.29 is 9.59 Å². The van der Waals surface area contributed by atoms with E-state index in [0.29, 0.717) is 16.9 Å². The van der Waals surface area contributed by atoms with Crippen LogP contribution in [0.3, 0.4) is 0 Å². The van der Waals surface area contributed by atoms with Gasteiger partial charge in [0.05, 0.1) is 12.1 Å². The number of carbonyl (C=O) groups is 2. The highest BCUT2D eigenvalue weighted by Crippen LogP contribution is 2.20. The molecule has 1 aliphatic rings. The maximum Gasteiger partial charge on any atom is 0.325 e. The zero-order valence-corrected chi connectivity index (χ0v) is 15.9. The van der Waals surface area contributed by atoms with Crippen LogP contribution in [0.5, 0.6) is 0 Å². The van der Waals surface area contributed by atoms with E-state index in [4.69, 9.17) is 0 Å². The van der Waals surface area contributed by atoms with Gasteiger partial charge in [-0.25, -0.2) is 9.78 Å². The van der Waals surface area contributed by atoms with E-state index in [1.54, 1.807) is 0 Å². The largest absolute Gasteiger partial charge is 0.340 e. The Morgan fingerprint density at radius 2 is 2.00 bits per heavy atom. The standard InChI is InChI=1S/C19H24N4O2S/c1-13-6-8-15(9-7-13)20-18(25)22-19-21-16(12-26-19)11-17(24)23-10-4-3-5-14(23)2/h6-9,12,14H,3-5,10-11H2,1-2H3,(H2,20,21,22,25). The van der Waals surface area contributed by atoms with Gasteiger partial charge in [-0.1, -0.05) is 17.7 Å². The van der Waals surface area contributed by atoms with Gasteiger partial charge in [0.1, 0.15) is 0 Å². The Labute approximate surface area is 157 Å². The van der Waals surface area contributed by atoms with Crippen LogP contribution in [0.4, 0.5) is 15.6 Å². The number of piperidine rings is 1. The smallest absolute Gasteiger partial charge is 0.325 e. The molecular weight excluding hydrogens is 348 g/mol. The minimum Gasteiger partial charge on any atom is -0.340 e. The molecule has 1 aromatic heterocycles. The molecular formula is C19H24N4O2S. The van der Waals surface area contributed by atoms with Gasteiger partial charge in [-0.15, -0.1) is 11.3 Å². The number of rotatable bonds is 4. The fraction of sp³-hybridized carbons (Fsp3) is 0.421. The molecule has 1 aromatic carbocycles. The van der Waals surface area contributed by atoms with Crippen LogP contribution in [-0.4, -0.2) is 34.4 Å². The quantitative estimate of drug-likeness (QED) is 0.851. The van der Waals surface area contributed by atoms with Crippen LogP contribution in [0.25, 0.3) is 0 Å². The fourth-order valence-electron chi connectivity index (χ4n) is 3.07. The SMILES string of the molecule is Cc1ccc(NC(=O)Nc2nc(CC(=O)N3CCCCC3C)cs2)cc1. The normalized spacial score (nSPS) is 17.0. The zero-order valence-electron chi connectivity index (χ0n) is 15.1. The second kappa shape index (κ2) is 8.31. The Balaban J connectivity index is 1.53. The Morgan fingerprint density at radius 1 is 1.23 bits per heavy atom. The molecule has 26 heavy (non-hydrogen) atoms. The summed E-state index contributed by atoms with van der Waals surface area (Å²) in [6.07, 6.45) is 3.60. The average Bonchev–Trinajstić information content (AvgIpc) is 3.04. The topological polar surface area (TPSA) is 74.3 Å². The number of urea groups is 1. The number of aryl methyl sites for hydroxylation is 1. The van der Waals surface area contributed by atoms with E-state index >= 15 is 0 Å². The number of nitrogens with zero attached hydrogens (tertiary/aromatic N) is 2. The monoisotopic (exact) mass is 372 g/mol. The van der Waals surface area contributed by atoms with Crippen molar-refractivity contribution in [2.45, 2.75) is 45.6 Å². The van der Waals surface area contributed by atoms with Gasteiger partial charge in [-0.05, 0) is 45.2 Å². The van der Waals surface area contributed by atoms with Gasteiger partial charge in [-0.2, -0.15) is 0 Å². The molecule has 0 aliphatic carbocycles. The van der Waals surface area contributed by atoms with Crippen molar-refractivity contribution in [3.05, 3.63) is 40.9 Å². The maximum absolute atomic E-state index is 12.5. The highest BCUT2D eigenvalue weighted by molar-refractivity contribution is 7.14. The number of likely N-dealkylation sites (tertiary alicyclic amines) is 1. The van der Waals surface area contributed by atoms with Gasteiger partial charge < -0.3 is 10.2 Å². The number of hydrogen-bond donors (Lipinski definition) is 2. The number of aromatic nitrogens is 1. The van der Waals surface area contributed by atoms with Crippen LogP contribution >= 0.6 is 11.3 Å². The van der Waals surface area contributed by atoms with Crippen LogP contribution in [0.15, 0.2) is 29.6 Å². The van der Waals surface area contributed by atoms with Gasteiger partial charge in [-0.3, -0.25) is 10.1 Å². The Hall–Kier alpha value is -2.41. The molecule has 0 spiro atoms. The number of amides is 3. The predicted octanol–water partition coefficient (Wildman–Crippen LogP) is 4.04. The molecule has 1 fully saturated rings. The highest BCUT2D eigenvalue weighted by Gasteiger charge is 2.23. The summed E-state index contributed by atoms with van der Waals surface area (Å²) in [6, 6.07) is 7.52. The van der Waals surface area contributed by atoms with Crippen LogP contribution in [0.2, 0.25) is 0 Å². The number of anilines is 2. The molecule has 1 atom stereocenters. The van der Waals surface area contributed by atoms with Crippen molar-refractivity contribution in [1.82, 2.24) is 9.88 Å². The molecule has 7 heteroatoms. The van der Waals surface area contributed by atoms with Crippen molar-refractivity contribution >= 4 is 34.1 Å². The molecule has 0 bridgehead atoms. The van der Waals surface area contributed by atoms with E-state index in [-0.39, 0.29) is 18.4 Å². The minimum absolute atomic E-state index is 0.109. The first-order chi connectivity index (χ1) is 12.5. The van der Waals surface area contributed by atoms with E-state index in [9.17, 15) is 9.59 Å². The first kappa shape index (κ1) is 18.4. The summed E-state index contributed by atoms with van der Waals surface area (Å²) in [5, 5.41) is 7.80. The predicted molar refractivity (Wildman–Crippen MR) is 105 cm³/mol. The number of nitrogens with one attached hydrogen (secondary N) is 2. The fourth-order valence-corrected chi connectivity index (χ4v) is 3.77. The number of hydrogen-bond acceptors (Lipinski definition) is 4. The lowest BCUT2D eigenvalue weighted by molar-refractivity contribution is -0.133. The summed E-state index contributed by atoms with van der Waals surface area (Å²) < 4.78 is 0. The van der Waals surface area contributed by atoms with Crippen LogP contribution in [0.1, 0.15) is 37.4 Å². The van der Waals surface area contributed by atoms with Crippen LogP contribution in [0, 0.1) is 6.92 Å². The lowest BCUT2D eigenvalue weighted by Gasteiger charge is -2.33. The van der Waals surface area contributed by atoms with Crippen molar-refractivity contribution in [3.63, 3.8) is 0 Å². The summed E-state index contributed by atoms with van der Waals surface area (Å²) in [5.74, 6) is 0.109. The molecule has 1 aliphatic heterocycles. The zero-order chi connectivity index (χ0) is 18.5. The molecule has 2 N–H and O–H groups in total. The summed E-state index contributed by atoms with van der Waals surface area (Å²) in [7, 11) is 0. The Bertz CT molecular complexity index is 772. The lowest BCUT2D eigenvalue weighted by atomic mass is 10.0. The summed E-state index contributed by atoms with van der Waals surface area (Å²) in [4.78, 5) is 30.8. The molecule has 3 rings (SSSR count). The third-order valence-electron chi connectivity index (χ3n) is 4.54. The van der Waals surface area contributed by atoms with Crippen LogP contribution < -0.4 is 10.6 Å². The lowest BCUT2D eigenvalue weighted by Crippen LogP contribution is -2.42. The third-order valence-corrected chi connectivity index (χ3v) is 5.34. The Morgan fingerprint density at radius 3 is 2.73 bits per heavy atom. The van der Waals surface area contributed by atoms with E-state index in [1.165, 1.54) is 17.8 Å². The molecule has 2 heterocycles. The van der Waals surface area contributed by atoms with Crippen molar-refractivity contribution in [2.24, 2.45) is 0 Å². The van der Waals surface area contributed by atoms with E-state index in [2.05, 4.69) is 22.5 Å². The van der Waals surface area contributed by atoms with E-state index in [0.717, 1.165) is 30.6 Å². The molecule has 1 unspecified atom stereocenters. The minimum atomic E-state index is -0.342. The van der Waals surface area contributed by atoms with Gasteiger partial charge >= 0.3 is 6.03 Å². The van der Waals surface area contributed by atoms with Crippen molar-refractivity contribution in [2.75, 3.05) is 17.2 Å². The first-order valence-corrected chi connectivity index (χ1v) is 9.78. The van der Waals surface area contributed by atoms with Gasteiger partial charge in [0.2, 0.25) is 5.91 Å². The average molecular weight is 372 g/mol. The highest BCUT2D eigenvalue weighted by atomic mass is 32.1. The second-order valence-electron chi connectivity index (χ2n) is 6.70. The number of benzene rings is 1. The van der Waals surface area contributed by atoms with E-state index in [1.807, 2.05) is 41.5 Å². The summed E-state index contributed by atoms with van der Waals surface area (Å²) in [5.41, 5.74) is 2.55. The molecule has 0 radical (unpaired) electrons. The Kier molecular flexibility index (Phi) is 5.88. The van der Waals surface area contributed by atoms with E-state index < -0.39 is 0 Å². The first-order valence-electron chi connectivity index (χ1n) is 8.90. The maximum atomic E-state index is 12.5. The second-order valence-corrected chi connectivity index (χ2v) is 7.56. The molecule has 1 saturated heterocycles. The van der Waals surface area contributed by atoms with Gasteiger partial charge in [0.15, 0.2) is 5.13 Å². The molecule has 2 aromatic rings. The summed E-state index contributed by atoms with van der Waals surface area (Å²) in [6.45, 7) is 4.92. The molecule has 6 nitrogen and oxygen atoms in total. The number of carbonyl (C=O) groups excluding carboxylic acids is 2. The van der Waals surface area contributed by atoms with Gasteiger partial charge in [0.25, 0.3) is 0 Å². The molecule has 3 amide bonds. The number of thiazole rings is 1. The van der Waals surface area contributed by atoms with Crippen molar-refractivity contribution in [3.8, 4) is 0 Å². The molecule has 0 saturated carbocycles. The third kappa shape index (κ3) is 4.82. The molecule has 138 valence electrons. The van der Waals surface area contributed by atoms with Crippen LogP contribution in [-0.2, 0) is 11.2 Å².